The Kier molecular flexibility index (Phi) is 3.16. The van der Waals surface area contributed by atoms with Crippen LogP contribution in [-0.4, -0.2) is 45.4 Å². The van der Waals surface area contributed by atoms with Gasteiger partial charge in [0, 0.05) is 25.2 Å². The molecule has 2 rings (SSSR count). The Morgan fingerprint density at radius 3 is 2.75 bits per heavy atom. The van der Waals surface area contributed by atoms with E-state index in [9.17, 15) is 0 Å². The number of nitrogens with one attached hydrogen (secondary N) is 2. The molecular formula is C9H17N7. The second-order valence-electron chi connectivity index (χ2n) is 4.19. The SMILES string of the molecule is CC1CN(Nc2nncc(N)n2)CC(C)N1. The molecule has 1 aromatic heterocycles. The lowest BCUT2D eigenvalue weighted by molar-refractivity contribution is 0.204. The molecule has 1 fully saturated rings. The van der Waals surface area contributed by atoms with E-state index in [2.05, 4.69) is 44.8 Å². The molecule has 0 saturated carbocycles. The zero-order chi connectivity index (χ0) is 11.5. The Morgan fingerprint density at radius 1 is 1.44 bits per heavy atom. The van der Waals surface area contributed by atoms with Crippen molar-refractivity contribution in [3.8, 4) is 0 Å². The molecule has 2 atom stereocenters. The highest BCUT2D eigenvalue weighted by Crippen LogP contribution is 2.06. The molecule has 2 unspecified atom stereocenters. The van der Waals surface area contributed by atoms with E-state index in [0.717, 1.165) is 13.1 Å². The van der Waals surface area contributed by atoms with Gasteiger partial charge >= 0.3 is 0 Å². The summed E-state index contributed by atoms with van der Waals surface area (Å²) in [6.07, 6.45) is 1.42. The lowest BCUT2D eigenvalue weighted by Gasteiger charge is -2.35. The molecule has 1 saturated heterocycles. The molecule has 4 N–H and O–H groups in total. The summed E-state index contributed by atoms with van der Waals surface area (Å²) < 4.78 is 0. The van der Waals surface area contributed by atoms with Crippen LogP contribution in [0, 0.1) is 0 Å². The lowest BCUT2D eigenvalue weighted by Crippen LogP contribution is -2.55. The minimum absolute atomic E-state index is 0.369. The van der Waals surface area contributed by atoms with Gasteiger partial charge in [-0.3, -0.25) is 5.43 Å². The van der Waals surface area contributed by atoms with Crippen LogP contribution < -0.4 is 16.5 Å². The van der Waals surface area contributed by atoms with Gasteiger partial charge in [-0.1, -0.05) is 0 Å². The molecule has 88 valence electrons. The molecule has 1 aliphatic heterocycles. The second-order valence-corrected chi connectivity index (χ2v) is 4.19. The molecule has 0 spiro atoms. The topological polar surface area (TPSA) is 92.0 Å². The van der Waals surface area contributed by atoms with Gasteiger partial charge in [-0.2, -0.15) is 10.1 Å². The fourth-order valence-corrected chi connectivity index (χ4v) is 1.92. The summed E-state index contributed by atoms with van der Waals surface area (Å²) in [5.74, 6) is 0.815. The van der Waals surface area contributed by atoms with Crippen LogP contribution in [0.15, 0.2) is 6.20 Å². The molecule has 0 aromatic carbocycles. The van der Waals surface area contributed by atoms with E-state index in [0.29, 0.717) is 23.8 Å². The summed E-state index contributed by atoms with van der Waals surface area (Å²) in [6, 6.07) is 0.871. The summed E-state index contributed by atoms with van der Waals surface area (Å²) in [6.45, 7) is 6.07. The number of nitrogens with zero attached hydrogens (tertiary/aromatic N) is 4. The number of rotatable bonds is 2. The van der Waals surface area contributed by atoms with Crippen LogP contribution in [0.2, 0.25) is 0 Å². The third-order valence-electron chi connectivity index (χ3n) is 2.39. The van der Waals surface area contributed by atoms with Crippen LogP contribution >= 0.6 is 0 Å². The fraction of sp³-hybridized carbons (Fsp3) is 0.667. The molecular weight excluding hydrogens is 206 g/mol. The molecule has 1 aliphatic rings. The second kappa shape index (κ2) is 4.58. The normalized spacial score (nSPS) is 26.6. The maximum absolute atomic E-state index is 5.53. The Morgan fingerprint density at radius 2 is 2.12 bits per heavy atom. The van der Waals surface area contributed by atoms with E-state index in [-0.39, 0.29) is 0 Å². The van der Waals surface area contributed by atoms with Crippen LogP contribution in [0.4, 0.5) is 11.8 Å². The minimum Gasteiger partial charge on any atom is -0.382 e. The van der Waals surface area contributed by atoms with Gasteiger partial charge in [-0.15, -0.1) is 5.10 Å². The Bertz CT molecular complexity index is 345. The highest BCUT2D eigenvalue weighted by atomic mass is 15.6. The highest BCUT2D eigenvalue weighted by molar-refractivity contribution is 5.31. The van der Waals surface area contributed by atoms with Crippen molar-refractivity contribution in [2.45, 2.75) is 25.9 Å². The maximum atomic E-state index is 5.53. The van der Waals surface area contributed by atoms with Crippen molar-refractivity contribution >= 4 is 11.8 Å². The number of hydrazine groups is 1. The average Bonchev–Trinajstić information content (AvgIpc) is 2.15. The minimum atomic E-state index is 0.369. The standard InChI is InChI=1S/C9H17N7/c1-6-4-16(5-7(2)12-6)15-9-13-8(10)3-11-14-9/h3,6-7,12H,4-5H2,1-2H3,(H3,10,13,14,15). The molecule has 7 heteroatoms. The van der Waals surface area contributed by atoms with Gasteiger partial charge in [-0.05, 0) is 13.8 Å². The molecule has 0 amide bonds. The largest absolute Gasteiger partial charge is 0.382 e. The van der Waals surface area contributed by atoms with Gasteiger partial charge in [-0.25, -0.2) is 5.01 Å². The van der Waals surface area contributed by atoms with Crippen LogP contribution in [0.5, 0.6) is 0 Å². The van der Waals surface area contributed by atoms with Gasteiger partial charge in [0.1, 0.15) is 5.82 Å². The molecule has 0 aliphatic carbocycles. The van der Waals surface area contributed by atoms with Gasteiger partial charge < -0.3 is 11.1 Å². The van der Waals surface area contributed by atoms with Crippen molar-refractivity contribution < 1.29 is 0 Å². The van der Waals surface area contributed by atoms with Gasteiger partial charge in [0.2, 0.25) is 0 Å². The van der Waals surface area contributed by atoms with E-state index in [4.69, 9.17) is 5.73 Å². The molecule has 0 bridgehead atoms. The predicted molar refractivity (Wildman–Crippen MR) is 61.5 cm³/mol. The molecule has 7 nitrogen and oxygen atoms in total. The Balaban J connectivity index is 1.98. The van der Waals surface area contributed by atoms with Gasteiger partial charge in [0.05, 0.1) is 6.20 Å². The first-order valence-electron chi connectivity index (χ1n) is 5.36. The Hall–Kier alpha value is -1.47. The number of hydrogen-bond donors (Lipinski definition) is 3. The number of hydrogen-bond acceptors (Lipinski definition) is 7. The van der Waals surface area contributed by atoms with Crippen molar-refractivity contribution in [3.63, 3.8) is 0 Å². The van der Waals surface area contributed by atoms with Crippen LogP contribution in [0.1, 0.15) is 13.8 Å². The van der Waals surface area contributed by atoms with E-state index in [1.54, 1.807) is 0 Å². The first-order chi connectivity index (χ1) is 7.63. The summed E-state index contributed by atoms with van der Waals surface area (Å²) in [5, 5.41) is 13.1. The number of nitrogen functional groups attached to an aromatic ring is 1. The van der Waals surface area contributed by atoms with Crippen molar-refractivity contribution in [1.29, 1.82) is 0 Å². The van der Waals surface area contributed by atoms with Crippen LogP contribution in [0.3, 0.4) is 0 Å². The van der Waals surface area contributed by atoms with E-state index in [1.165, 1.54) is 6.20 Å². The summed E-state index contributed by atoms with van der Waals surface area (Å²) in [5.41, 5.74) is 8.64. The summed E-state index contributed by atoms with van der Waals surface area (Å²) >= 11 is 0. The first kappa shape index (κ1) is 11.0. The zero-order valence-corrected chi connectivity index (χ0v) is 9.51. The number of anilines is 2. The van der Waals surface area contributed by atoms with Crippen LogP contribution in [0.25, 0.3) is 0 Å². The summed E-state index contributed by atoms with van der Waals surface area (Å²) in [4.78, 5) is 4.05. The fourth-order valence-electron chi connectivity index (χ4n) is 1.92. The maximum Gasteiger partial charge on any atom is 0.259 e. The van der Waals surface area contributed by atoms with Gasteiger partial charge in [0.15, 0.2) is 0 Å². The van der Waals surface area contributed by atoms with Crippen molar-refractivity contribution in [2.75, 3.05) is 24.2 Å². The molecule has 0 radical (unpaired) electrons. The third kappa shape index (κ3) is 2.77. The highest BCUT2D eigenvalue weighted by Gasteiger charge is 2.21. The molecule has 2 heterocycles. The molecule has 1 aromatic rings. The Labute approximate surface area is 94.4 Å². The monoisotopic (exact) mass is 223 g/mol. The molecule has 16 heavy (non-hydrogen) atoms. The lowest BCUT2D eigenvalue weighted by atomic mass is 10.2. The predicted octanol–water partition coefficient (Wildman–Crippen LogP) is -0.537. The zero-order valence-electron chi connectivity index (χ0n) is 9.51. The summed E-state index contributed by atoms with van der Waals surface area (Å²) in [7, 11) is 0. The number of piperazine rings is 1. The first-order valence-corrected chi connectivity index (χ1v) is 5.36. The third-order valence-corrected chi connectivity index (χ3v) is 2.39. The van der Waals surface area contributed by atoms with E-state index < -0.39 is 0 Å². The van der Waals surface area contributed by atoms with Crippen molar-refractivity contribution in [3.05, 3.63) is 6.20 Å². The van der Waals surface area contributed by atoms with Gasteiger partial charge in [0.25, 0.3) is 5.95 Å². The van der Waals surface area contributed by atoms with E-state index in [1.807, 2.05) is 0 Å². The van der Waals surface area contributed by atoms with Crippen LogP contribution in [-0.2, 0) is 0 Å². The quantitative estimate of drug-likeness (QED) is 0.620. The van der Waals surface area contributed by atoms with Crippen molar-refractivity contribution in [1.82, 2.24) is 25.5 Å². The van der Waals surface area contributed by atoms with Crippen molar-refractivity contribution in [2.24, 2.45) is 0 Å². The average molecular weight is 223 g/mol. The smallest absolute Gasteiger partial charge is 0.259 e. The number of aromatic nitrogens is 3. The van der Waals surface area contributed by atoms with E-state index >= 15 is 0 Å². The number of nitrogens with two attached hydrogens (primary N) is 1.